The van der Waals surface area contributed by atoms with Crippen molar-refractivity contribution in [3.8, 4) is 11.5 Å². The Morgan fingerprint density at radius 2 is 1.93 bits per heavy atom. The van der Waals surface area contributed by atoms with E-state index in [-0.39, 0.29) is 18.2 Å². The second-order valence-corrected chi connectivity index (χ2v) is 7.48. The van der Waals surface area contributed by atoms with Gasteiger partial charge in [-0.2, -0.15) is 0 Å². The van der Waals surface area contributed by atoms with E-state index < -0.39 is 5.41 Å². The fourth-order valence-corrected chi connectivity index (χ4v) is 3.17. The summed E-state index contributed by atoms with van der Waals surface area (Å²) in [6.07, 6.45) is 0.251. The van der Waals surface area contributed by atoms with E-state index in [0.29, 0.717) is 30.3 Å². The first-order valence-corrected chi connectivity index (χ1v) is 9.35. The molecule has 28 heavy (non-hydrogen) atoms. The number of methoxy groups -OCH3 is 1. The number of rotatable bonds is 5. The van der Waals surface area contributed by atoms with Gasteiger partial charge in [0, 0.05) is 12.2 Å². The van der Waals surface area contributed by atoms with Gasteiger partial charge in [0.1, 0.15) is 18.1 Å². The van der Waals surface area contributed by atoms with Crippen LogP contribution in [0.4, 0.5) is 11.4 Å². The van der Waals surface area contributed by atoms with Gasteiger partial charge in [0.25, 0.3) is 0 Å². The maximum Gasteiger partial charge on any atom is 0.236 e. The monoisotopic (exact) mass is 382 g/mol. The molecule has 0 fully saturated rings. The fraction of sp³-hybridized carbons (Fsp3) is 0.364. The van der Waals surface area contributed by atoms with Crippen molar-refractivity contribution in [1.29, 1.82) is 0 Å². The third-order valence-electron chi connectivity index (χ3n) is 4.79. The molecular formula is C22H26N2O4. The molecule has 2 amide bonds. The Labute approximate surface area is 165 Å². The maximum atomic E-state index is 12.8. The normalized spacial score (nSPS) is 15.3. The number of hydrogen-bond acceptors (Lipinski definition) is 4. The summed E-state index contributed by atoms with van der Waals surface area (Å²) in [5.74, 6) is 1.28. The van der Waals surface area contributed by atoms with Crippen LogP contribution in [0.5, 0.6) is 11.5 Å². The van der Waals surface area contributed by atoms with Gasteiger partial charge in [-0.25, -0.2) is 0 Å². The zero-order chi connectivity index (χ0) is 20.3. The summed E-state index contributed by atoms with van der Waals surface area (Å²) >= 11 is 0. The summed E-state index contributed by atoms with van der Waals surface area (Å²) in [5, 5.41) is 2.91. The van der Waals surface area contributed by atoms with E-state index >= 15 is 0 Å². The number of carbonyl (C=O) groups is 2. The minimum absolute atomic E-state index is 0.00968. The Balaban J connectivity index is 1.77. The molecule has 1 aliphatic rings. The Morgan fingerprint density at radius 1 is 1.21 bits per heavy atom. The van der Waals surface area contributed by atoms with Gasteiger partial charge in [-0.1, -0.05) is 12.1 Å². The van der Waals surface area contributed by atoms with E-state index in [9.17, 15) is 9.59 Å². The molecule has 2 aromatic rings. The smallest absolute Gasteiger partial charge is 0.236 e. The van der Waals surface area contributed by atoms with Crippen molar-refractivity contribution in [1.82, 2.24) is 0 Å². The summed E-state index contributed by atoms with van der Waals surface area (Å²) in [7, 11) is 1.61. The molecule has 0 spiro atoms. The number of anilines is 2. The highest BCUT2D eigenvalue weighted by Gasteiger charge is 2.37. The van der Waals surface area contributed by atoms with Gasteiger partial charge >= 0.3 is 0 Å². The number of nitrogens with one attached hydrogen (secondary N) is 1. The number of amides is 2. The number of nitrogens with zero attached hydrogens (tertiary/aromatic N) is 1. The van der Waals surface area contributed by atoms with Crippen molar-refractivity contribution in [2.24, 2.45) is 5.41 Å². The van der Waals surface area contributed by atoms with Crippen LogP contribution in [0.2, 0.25) is 0 Å². The molecular weight excluding hydrogens is 356 g/mol. The first kappa shape index (κ1) is 19.7. The molecule has 2 aromatic carbocycles. The topological polar surface area (TPSA) is 67.9 Å². The van der Waals surface area contributed by atoms with E-state index in [0.717, 1.165) is 11.3 Å². The number of fused-ring (bicyclic) bond motifs is 1. The molecule has 0 saturated heterocycles. The lowest BCUT2D eigenvalue weighted by Gasteiger charge is -2.27. The average molecular weight is 382 g/mol. The van der Waals surface area contributed by atoms with Crippen LogP contribution in [0.25, 0.3) is 0 Å². The van der Waals surface area contributed by atoms with Crippen LogP contribution in [-0.4, -0.2) is 32.1 Å². The molecule has 1 heterocycles. The molecule has 6 heteroatoms. The van der Waals surface area contributed by atoms with Crippen LogP contribution < -0.4 is 19.7 Å². The van der Waals surface area contributed by atoms with E-state index in [2.05, 4.69) is 5.32 Å². The van der Waals surface area contributed by atoms with Gasteiger partial charge in [0.2, 0.25) is 11.8 Å². The predicted molar refractivity (Wildman–Crippen MR) is 109 cm³/mol. The zero-order valence-electron chi connectivity index (χ0n) is 16.7. The molecule has 6 nitrogen and oxygen atoms in total. The van der Waals surface area contributed by atoms with Gasteiger partial charge < -0.3 is 19.7 Å². The van der Waals surface area contributed by atoms with Gasteiger partial charge in [-0.15, -0.1) is 0 Å². The highest BCUT2D eigenvalue weighted by atomic mass is 16.5. The summed E-state index contributed by atoms with van der Waals surface area (Å²) in [4.78, 5) is 27.0. The Bertz CT molecular complexity index is 875. The SMILES string of the molecule is CCN1C(=O)C(C)(C)COc2ccc(NC(=O)Cc3ccc(OC)cc3)cc21. The van der Waals surface area contributed by atoms with Crippen molar-refractivity contribution in [3.63, 3.8) is 0 Å². The third-order valence-corrected chi connectivity index (χ3v) is 4.79. The maximum absolute atomic E-state index is 12.8. The molecule has 0 unspecified atom stereocenters. The minimum atomic E-state index is -0.604. The Hall–Kier alpha value is -3.02. The summed E-state index contributed by atoms with van der Waals surface area (Å²) < 4.78 is 11.0. The Kier molecular flexibility index (Phi) is 5.58. The molecule has 0 atom stereocenters. The van der Waals surface area contributed by atoms with Crippen LogP contribution in [0.3, 0.4) is 0 Å². The molecule has 0 aromatic heterocycles. The fourth-order valence-electron chi connectivity index (χ4n) is 3.17. The number of benzene rings is 2. The van der Waals surface area contributed by atoms with Gasteiger partial charge in [0.05, 0.1) is 24.6 Å². The quantitative estimate of drug-likeness (QED) is 0.857. The molecule has 0 bridgehead atoms. The van der Waals surface area contributed by atoms with Crippen LogP contribution >= 0.6 is 0 Å². The number of carbonyl (C=O) groups excluding carboxylic acids is 2. The largest absolute Gasteiger partial charge is 0.497 e. The van der Waals surface area contributed by atoms with Crippen molar-refractivity contribution in [2.75, 3.05) is 30.5 Å². The first-order valence-electron chi connectivity index (χ1n) is 9.35. The Morgan fingerprint density at radius 3 is 2.57 bits per heavy atom. The van der Waals surface area contributed by atoms with Crippen LogP contribution in [0, 0.1) is 5.41 Å². The number of ether oxygens (including phenoxy) is 2. The molecule has 0 radical (unpaired) electrons. The minimum Gasteiger partial charge on any atom is -0.497 e. The summed E-state index contributed by atoms with van der Waals surface area (Å²) in [6, 6.07) is 12.8. The lowest BCUT2D eigenvalue weighted by Crippen LogP contribution is -2.42. The lowest BCUT2D eigenvalue weighted by atomic mass is 9.93. The standard InChI is InChI=1S/C22H26N2O4/c1-5-24-18-13-16(8-11-19(18)28-14-22(2,3)21(24)26)23-20(25)12-15-6-9-17(27-4)10-7-15/h6-11,13H,5,12,14H2,1-4H3,(H,23,25). The molecule has 1 aliphatic heterocycles. The molecule has 148 valence electrons. The lowest BCUT2D eigenvalue weighted by molar-refractivity contribution is -0.127. The van der Waals surface area contributed by atoms with Crippen molar-refractivity contribution in [3.05, 3.63) is 48.0 Å². The van der Waals surface area contributed by atoms with Crippen molar-refractivity contribution in [2.45, 2.75) is 27.2 Å². The van der Waals surface area contributed by atoms with Gasteiger partial charge in [-0.3, -0.25) is 9.59 Å². The number of hydrogen-bond donors (Lipinski definition) is 1. The highest BCUT2D eigenvalue weighted by molar-refractivity contribution is 6.00. The molecule has 0 saturated carbocycles. The third kappa shape index (κ3) is 4.11. The zero-order valence-corrected chi connectivity index (χ0v) is 16.7. The van der Waals surface area contributed by atoms with E-state index in [4.69, 9.17) is 9.47 Å². The van der Waals surface area contributed by atoms with Gasteiger partial charge in [-0.05, 0) is 56.7 Å². The predicted octanol–water partition coefficient (Wildman–Crippen LogP) is 3.65. The van der Waals surface area contributed by atoms with Crippen LogP contribution in [0.15, 0.2) is 42.5 Å². The van der Waals surface area contributed by atoms with Crippen molar-refractivity contribution >= 4 is 23.2 Å². The second kappa shape index (κ2) is 7.92. The highest BCUT2D eigenvalue weighted by Crippen LogP contribution is 2.38. The molecule has 3 rings (SSSR count). The molecule has 1 N–H and O–H groups in total. The van der Waals surface area contributed by atoms with Crippen LogP contribution in [0.1, 0.15) is 26.3 Å². The van der Waals surface area contributed by atoms with E-state index in [1.165, 1.54) is 0 Å². The van der Waals surface area contributed by atoms with E-state index in [1.807, 2.05) is 45.0 Å². The summed E-state index contributed by atoms with van der Waals surface area (Å²) in [5.41, 5.74) is 1.60. The second-order valence-electron chi connectivity index (χ2n) is 7.48. The summed E-state index contributed by atoms with van der Waals surface area (Å²) in [6.45, 7) is 6.53. The van der Waals surface area contributed by atoms with Crippen molar-refractivity contribution < 1.29 is 19.1 Å². The van der Waals surface area contributed by atoms with Crippen LogP contribution in [-0.2, 0) is 16.0 Å². The average Bonchev–Trinajstić information content (AvgIpc) is 2.77. The van der Waals surface area contributed by atoms with E-state index in [1.54, 1.807) is 30.2 Å². The first-order chi connectivity index (χ1) is 13.3. The molecule has 0 aliphatic carbocycles. The van der Waals surface area contributed by atoms with Gasteiger partial charge in [0.15, 0.2) is 0 Å².